The van der Waals surface area contributed by atoms with Gasteiger partial charge in [0, 0.05) is 24.0 Å². The first kappa shape index (κ1) is 16.2. The Hall–Kier alpha value is -2.70. The Bertz CT molecular complexity index is 894. The third-order valence-electron chi connectivity index (χ3n) is 3.94. The van der Waals surface area contributed by atoms with Crippen LogP contribution >= 0.6 is 0 Å². The predicted octanol–water partition coefficient (Wildman–Crippen LogP) is 3.40. The standard InChI is InChI=1S/C17H21N5O2/c1-5-6-7-22-11(3)9-14(20-22)19-16(23)13-8-10(2)18-17-15(13)12(4)21-24-17/h8-9H,5-7H2,1-4H3,(H,19,20,23). The molecule has 0 aliphatic heterocycles. The molecule has 0 saturated carbocycles. The Morgan fingerprint density at radius 1 is 1.29 bits per heavy atom. The molecule has 3 rings (SSSR count). The number of rotatable bonds is 5. The van der Waals surface area contributed by atoms with Gasteiger partial charge in [0.25, 0.3) is 11.6 Å². The largest absolute Gasteiger partial charge is 0.336 e. The van der Waals surface area contributed by atoms with Crippen LogP contribution in [0.3, 0.4) is 0 Å². The van der Waals surface area contributed by atoms with E-state index in [1.165, 1.54) is 0 Å². The van der Waals surface area contributed by atoms with Crippen molar-refractivity contribution in [3.63, 3.8) is 0 Å². The van der Waals surface area contributed by atoms with Crippen LogP contribution in [-0.2, 0) is 6.54 Å². The molecule has 0 bridgehead atoms. The summed E-state index contributed by atoms with van der Waals surface area (Å²) in [6.45, 7) is 8.58. The van der Waals surface area contributed by atoms with Crippen LogP contribution in [0.25, 0.3) is 11.1 Å². The summed E-state index contributed by atoms with van der Waals surface area (Å²) in [5, 5.41) is 11.9. The van der Waals surface area contributed by atoms with Gasteiger partial charge in [-0.05, 0) is 33.3 Å². The molecule has 126 valence electrons. The lowest BCUT2D eigenvalue weighted by Crippen LogP contribution is -2.14. The maximum atomic E-state index is 12.7. The lowest BCUT2D eigenvalue weighted by Gasteiger charge is -2.05. The number of aryl methyl sites for hydroxylation is 4. The predicted molar refractivity (Wildman–Crippen MR) is 91.1 cm³/mol. The highest BCUT2D eigenvalue weighted by Crippen LogP contribution is 2.23. The van der Waals surface area contributed by atoms with Crippen molar-refractivity contribution in [3.8, 4) is 0 Å². The fourth-order valence-corrected chi connectivity index (χ4v) is 2.69. The van der Waals surface area contributed by atoms with E-state index in [1.54, 1.807) is 13.0 Å². The van der Waals surface area contributed by atoms with Crippen molar-refractivity contribution in [2.45, 2.75) is 47.1 Å². The van der Waals surface area contributed by atoms with Gasteiger partial charge in [-0.2, -0.15) is 5.10 Å². The molecule has 0 unspecified atom stereocenters. The number of aromatic nitrogens is 4. The van der Waals surface area contributed by atoms with Gasteiger partial charge in [0.15, 0.2) is 5.82 Å². The van der Waals surface area contributed by atoms with E-state index in [0.29, 0.717) is 33.9 Å². The molecule has 0 aromatic carbocycles. The highest BCUT2D eigenvalue weighted by Gasteiger charge is 2.18. The van der Waals surface area contributed by atoms with Crippen LogP contribution in [0.5, 0.6) is 0 Å². The third-order valence-corrected chi connectivity index (χ3v) is 3.94. The zero-order chi connectivity index (χ0) is 17.3. The van der Waals surface area contributed by atoms with Gasteiger partial charge < -0.3 is 9.84 Å². The van der Waals surface area contributed by atoms with Crippen LogP contribution in [0.15, 0.2) is 16.7 Å². The van der Waals surface area contributed by atoms with E-state index in [0.717, 1.165) is 25.1 Å². The summed E-state index contributed by atoms with van der Waals surface area (Å²) < 4.78 is 7.09. The van der Waals surface area contributed by atoms with E-state index in [4.69, 9.17) is 4.52 Å². The molecule has 3 aromatic heterocycles. The number of nitrogens with one attached hydrogen (secondary N) is 1. The van der Waals surface area contributed by atoms with Crippen LogP contribution in [0, 0.1) is 20.8 Å². The number of unbranched alkanes of at least 4 members (excludes halogenated alkanes) is 1. The zero-order valence-electron chi connectivity index (χ0n) is 14.4. The maximum Gasteiger partial charge on any atom is 0.258 e. The SMILES string of the molecule is CCCCn1nc(NC(=O)c2cc(C)nc3onc(C)c23)cc1C. The monoisotopic (exact) mass is 327 g/mol. The van der Waals surface area contributed by atoms with E-state index < -0.39 is 0 Å². The summed E-state index contributed by atoms with van der Waals surface area (Å²) in [4.78, 5) is 17.0. The first-order chi connectivity index (χ1) is 11.5. The molecule has 3 aromatic rings. The van der Waals surface area contributed by atoms with Crippen LogP contribution < -0.4 is 5.32 Å². The second-order valence-corrected chi connectivity index (χ2v) is 5.96. The molecule has 1 amide bonds. The summed E-state index contributed by atoms with van der Waals surface area (Å²) in [7, 11) is 0. The van der Waals surface area contributed by atoms with Crippen molar-refractivity contribution in [3.05, 3.63) is 34.8 Å². The Labute approximate surface area is 140 Å². The van der Waals surface area contributed by atoms with Crippen molar-refractivity contribution in [1.82, 2.24) is 19.9 Å². The second kappa shape index (κ2) is 6.43. The molecule has 0 atom stereocenters. The van der Waals surface area contributed by atoms with E-state index in [1.807, 2.05) is 24.6 Å². The highest BCUT2D eigenvalue weighted by atomic mass is 16.5. The van der Waals surface area contributed by atoms with Gasteiger partial charge in [-0.1, -0.05) is 18.5 Å². The Kier molecular flexibility index (Phi) is 4.33. The van der Waals surface area contributed by atoms with E-state index in [2.05, 4.69) is 27.5 Å². The third kappa shape index (κ3) is 3.02. The number of carbonyl (C=O) groups is 1. The number of carbonyl (C=O) groups excluding carboxylic acids is 1. The number of hydrogen-bond acceptors (Lipinski definition) is 5. The smallest absolute Gasteiger partial charge is 0.258 e. The van der Waals surface area contributed by atoms with Crippen LogP contribution in [0.1, 0.15) is 47.2 Å². The molecular formula is C17H21N5O2. The quantitative estimate of drug-likeness (QED) is 0.776. The molecule has 0 spiro atoms. The van der Waals surface area contributed by atoms with Crippen molar-refractivity contribution >= 4 is 22.8 Å². The van der Waals surface area contributed by atoms with Gasteiger partial charge in [0.1, 0.15) is 0 Å². The Balaban J connectivity index is 1.89. The average molecular weight is 327 g/mol. The molecule has 24 heavy (non-hydrogen) atoms. The zero-order valence-corrected chi connectivity index (χ0v) is 14.4. The molecule has 7 nitrogen and oxygen atoms in total. The highest BCUT2D eigenvalue weighted by molar-refractivity contribution is 6.12. The molecule has 7 heteroatoms. The number of pyridine rings is 1. The van der Waals surface area contributed by atoms with Crippen LogP contribution in [0.4, 0.5) is 5.82 Å². The summed E-state index contributed by atoms with van der Waals surface area (Å²) >= 11 is 0. The first-order valence-corrected chi connectivity index (χ1v) is 8.09. The van der Waals surface area contributed by atoms with Gasteiger partial charge in [-0.3, -0.25) is 9.48 Å². The van der Waals surface area contributed by atoms with Crippen LogP contribution in [0.2, 0.25) is 0 Å². The van der Waals surface area contributed by atoms with Crippen molar-refractivity contribution < 1.29 is 9.32 Å². The fraction of sp³-hybridized carbons (Fsp3) is 0.412. The summed E-state index contributed by atoms with van der Waals surface area (Å²) in [6.07, 6.45) is 2.15. The lowest BCUT2D eigenvalue weighted by molar-refractivity contribution is 0.102. The van der Waals surface area contributed by atoms with E-state index in [9.17, 15) is 4.79 Å². The van der Waals surface area contributed by atoms with Gasteiger partial charge >= 0.3 is 0 Å². The Morgan fingerprint density at radius 2 is 2.08 bits per heavy atom. The van der Waals surface area contributed by atoms with Gasteiger partial charge in [0.05, 0.1) is 16.6 Å². The fourth-order valence-electron chi connectivity index (χ4n) is 2.69. The summed E-state index contributed by atoms with van der Waals surface area (Å²) in [5.41, 5.74) is 3.25. The molecule has 1 N–H and O–H groups in total. The maximum absolute atomic E-state index is 12.7. The second-order valence-electron chi connectivity index (χ2n) is 5.96. The number of nitrogens with zero attached hydrogens (tertiary/aromatic N) is 4. The normalized spacial score (nSPS) is 11.2. The Morgan fingerprint density at radius 3 is 2.83 bits per heavy atom. The molecule has 0 radical (unpaired) electrons. The molecule has 0 aliphatic carbocycles. The lowest BCUT2D eigenvalue weighted by atomic mass is 10.1. The molecule has 0 fully saturated rings. The van der Waals surface area contributed by atoms with Gasteiger partial charge in [-0.25, -0.2) is 4.98 Å². The minimum absolute atomic E-state index is 0.239. The summed E-state index contributed by atoms with van der Waals surface area (Å²) in [5.74, 6) is 0.308. The minimum Gasteiger partial charge on any atom is -0.336 e. The van der Waals surface area contributed by atoms with Crippen LogP contribution in [-0.4, -0.2) is 25.8 Å². The van der Waals surface area contributed by atoms with E-state index in [-0.39, 0.29) is 5.91 Å². The van der Waals surface area contributed by atoms with Gasteiger partial charge in [-0.15, -0.1) is 0 Å². The van der Waals surface area contributed by atoms with Crippen molar-refractivity contribution in [1.29, 1.82) is 0 Å². The topological polar surface area (TPSA) is 85.8 Å². The van der Waals surface area contributed by atoms with E-state index >= 15 is 0 Å². The van der Waals surface area contributed by atoms with Gasteiger partial charge in [0.2, 0.25) is 0 Å². The number of amides is 1. The summed E-state index contributed by atoms with van der Waals surface area (Å²) in [6, 6.07) is 3.61. The number of hydrogen-bond donors (Lipinski definition) is 1. The molecular weight excluding hydrogens is 306 g/mol. The van der Waals surface area contributed by atoms with Crippen molar-refractivity contribution in [2.24, 2.45) is 0 Å². The first-order valence-electron chi connectivity index (χ1n) is 8.09. The average Bonchev–Trinajstić information content (AvgIpc) is 3.07. The van der Waals surface area contributed by atoms with Crippen molar-refractivity contribution in [2.75, 3.05) is 5.32 Å². The molecule has 0 aliphatic rings. The number of anilines is 1. The number of fused-ring (bicyclic) bond motifs is 1. The molecule has 3 heterocycles. The minimum atomic E-state index is -0.239. The molecule has 0 saturated heterocycles.